The molecular weight excluding hydrogens is 314 g/mol. The zero-order valence-electron chi connectivity index (χ0n) is 14.5. The summed E-state index contributed by atoms with van der Waals surface area (Å²) in [5.41, 5.74) is 6.87. The van der Waals surface area contributed by atoms with E-state index in [1.165, 1.54) is 26.4 Å². The predicted octanol–water partition coefficient (Wildman–Crippen LogP) is 4.65. The van der Waals surface area contributed by atoms with Gasteiger partial charge in [-0.1, -0.05) is 26.0 Å². The third-order valence-electron chi connectivity index (χ3n) is 3.32. The smallest absolute Gasteiger partial charge is 0.176 e. The van der Waals surface area contributed by atoms with E-state index in [1.54, 1.807) is 13.0 Å². The Labute approximate surface area is 140 Å². The van der Waals surface area contributed by atoms with Crippen molar-refractivity contribution in [3.8, 4) is 22.6 Å². The SMILES string of the molecule is CC.COc1cc(OC)c(F)c(-c2ccc(C(C)=N)c(N)c2)c1F. The highest BCUT2D eigenvalue weighted by Gasteiger charge is 2.22. The van der Waals surface area contributed by atoms with Crippen LogP contribution in [0.4, 0.5) is 14.5 Å². The number of nitrogen functional groups attached to an aromatic ring is 1. The van der Waals surface area contributed by atoms with Crippen molar-refractivity contribution in [1.82, 2.24) is 0 Å². The van der Waals surface area contributed by atoms with Crippen LogP contribution in [0.15, 0.2) is 24.3 Å². The number of nitrogens with two attached hydrogens (primary N) is 1. The fourth-order valence-corrected chi connectivity index (χ4v) is 2.20. The van der Waals surface area contributed by atoms with Crippen LogP contribution in [0.1, 0.15) is 26.3 Å². The van der Waals surface area contributed by atoms with Crippen LogP contribution in [-0.2, 0) is 0 Å². The molecule has 2 aromatic rings. The Balaban J connectivity index is 0.00000139. The molecule has 4 nitrogen and oxygen atoms in total. The molecule has 2 aromatic carbocycles. The lowest BCUT2D eigenvalue weighted by molar-refractivity contribution is 0.360. The van der Waals surface area contributed by atoms with Gasteiger partial charge < -0.3 is 20.6 Å². The maximum atomic E-state index is 14.4. The normalized spacial score (nSPS) is 9.79. The summed E-state index contributed by atoms with van der Waals surface area (Å²) in [5.74, 6) is -1.92. The van der Waals surface area contributed by atoms with Gasteiger partial charge in [0, 0.05) is 23.0 Å². The molecule has 0 fully saturated rings. The Morgan fingerprint density at radius 1 is 1.00 bits per heavy atom. The Hall–Kier alpha value is -2.63. The maximum Gasteiger partial charge on any atom is 0.176 e. The molecule has 0 aliphatic heterocycles. The number of hydrogen-bond acceptors (Lipinski definition) is 4. The summed E-state index contributed by atoms with van der Waals surface area (Å²) < 4.78 is 38.7. The summed E-state index contributed by atoms with van der Waals surface area (Å²) >= 11 is 0. The van der Waals surface area contributed by atoms with Gasteiger partial charge in [-0.2, -0.15) is 0 Å². The summed E-state index contributed by atoms with van der Waals surface area (Å²) in [6, 6.07) is 5.63. The first-order chi connectivity index (χ1) is 11.4. The molecule has 2 rings (SSSR count). The van der Waals surface area contributed by atoms with Crippen LogP contribution in [0.5, 0.6) is 11.5 Å². The summed E-state index contributed by atoms with van der Waals surface area (Å²) in [7, 11) is 2.57. The second-order valence-electron chi connectivity index (χ2n) is 4.71. The van der Waals surface area contributed by atoms with Crippen LogP contribution < -0.4 is 15.2 Å². The monoisotopic (exact) mass is 336 g/mol. The predicted molar refractivity (Wildman–Crippen MR) is 93.2 cm³/mol. The van der Waals surface area contributed by atoms with Crippen molar-refractivity contribution in [2.24, 2.45) is 0 Å². The van der Waals surface area contributed by atoms with Gasteiger partial charge in [0.1, 0.15) is 0 Å². The van der Waals surface area contributed by atoms with Gasteiger partial charge in [0.2, 0.25) is 0 Å². The zero-order valence-corrected chi connectivity index (χ0v) is 14.5. The van der Waals surface area contributed by atoms with Crippen LogP contribution >= 0.6 is 0 Å². The number of ether oxygens (including phenoxy) is 2. The fourth-order valence-electron chi connectivity index (χ4n) is 2.20. The molecule has 130 valence electrons. The zero-order chi connectivity index (χ0) is 18.4. The highest BCUT2D eigenvalue weighted by Crippen LogP contribution is 2.38. The molecule has 0 saturated heterocycles. The van der Waals surface area contributed by atoms with Gasteiger partial charge in [0.05, 0.1) is 19.8 Å². The van der Waals surface area contributed by atoms with E-state index in [2.05, 4.69) is 0 Å². The standard InChI is InChI=1S/C16H16F2N2O2.C2H6/c1-8(19)10-5-4-9(6-11(10)20)14-15(17)12(21-2)7-13(22-3)16(14)18;1-2/h4-7,19H,20H2,1-3H3;1-2H3. The lowest BCUT2D eigenvalue weighted by Gasteiger charge is -2.14. The van der Waals surface area contributed by atoms with Gasteiger partial charge >= 0.3 is 0 Å². The molecule has 24 heavy (non-hydrogen) atoms. The number of anilines is 1. The largest absolute Gasteiger partial charge is 0.494 e. The highest BCUT2D eigenvalue weighted by atomic mass is 19.1. The summed E-state index contributed by atoms with van der Waals surface area (Å²) in [4.78, 5) is 0. The number of rotatable bonds is 4. The molecule has 0 aliphatic carbocycles. The van der Waals surface area contributed by atoms with E-state index in [4.69, 9.17) is 20.6 Å². The van der Waals surface area contributed by atoms with Gasteiger partial charge in [-0.15, -0.1) is 0 Å². The third kappa shape index (κ3) is 3.64. The average Bonchev–Trinajstić information content (AvgIpc) is 2.57. The molecule has 0 unspecified atom stereocenters. The molecule has 0 saturated carbocycles. The average molecular weight is 336 g/mol. The van der Waals surface area contributed by atoms with Crippen molar-refractivity contribution >= 4 is 11.4 Å². The molecular formula is C18H22F2N2O2. The van der Waals surface area contributed by atoms with Crippen LogP contribution in [0.3, 0.4) is 0 Å². The van der Waals surface area contributed by atoms with Gasteiger partial charge in [-0.05, 0) is 18.6 Å². The van der Waals surface area contributed by atoms with E-state index in [-0.39, 0.29) is 34.0 Å². The van der Waals surface area contributed by atoms with Crippen molar-refractivity contribution < 1.29 is 18.3 Å². The maximum absolute atomic E-state index is 14.4. The Morgan fingerprint density at radius 3 is 1.88 bits per heavy atom. The third-order valence-corrected chi connectivity index (χ3v) is 3.32. The summed E-state index contributed by atoms with van der Waals surface area (Å²) in [5, 5.41) is 7.60. The Bertz CT molecular complexity index is 718. The molecule has 0 spiro atoms. The van der Waals surface area contributed by atoms with Crippen molar-refractivity contribution in [2.75, 3.05) is 20.0 Å². The van der Waals surface area contributed by atoms with Crippen molar-refractivity contribution in [1.29, 1.82) is 5.41 Å². The first-order valence-electron chi connectivity index (χ1n) is 7.46. The van der Waals surface area contributed by atoms with E-state index in [0.29, 0.717) is 5.56 Å². The minimum Gasteiger partial charge on any atom is -0.494 e. The van der Waals surface area contributed by atoms with Crippen LogP contribution in [-0.4, -0.2) is 19.9 Å². The first-order valence-corrected chi connectivity index (χ1v) is 7.46. The van der Waals surface area contributed by atoms with E-state index in [1.807, 2.05) is 13.8 Å². The van der Waals surface area contributed by atoms with Crippen molar-refractivity contribution in [3.05, 3.63) is 41.5 Å². The van der Waals surface area contributed by atoms with E-state index >= 15 is 0 Å². The number of hydrogen-bond donors (Lipinski definition) is 2. The van der Waals surface area contributed by atoms with Gasteiger partial charge in [-0.3, -0.25) is 0 Å². The Morgan fingerprint density at radius 2 is 1.50 bits per heavy atom. The molecule has 0 atom stereocenters. The van der Waals surface area contributed by atoms with Crippen molar-refractivity contribution in [3.63, 3.8) is 0 Å². The minimum absolute atomic E-state index is 0.126. The Kier molecular flexibility index (Phi) is 6.70. The van der Waals surface area contributed by atoms with Crippen molar-refractivity contribution in [2.45, 2.75) is 20.8 Å². The fraction of sp³-hybridized carbons (Fsp3) is 0.278. The van der Waals surface area contributed by atoms with Crippen LogP contribution in [0, 0.1) is 17.0 Å². The molecule has 3 N–H and O–H groups in total. The van der Waals surface area contributed by atoms with Crippen LogP contribution in [0.25, 0.3) is 11.1 Å². The molecule has 0 heterocycles. The minimum atomic E-state index is -0.834. The lowest BCUT2D eigenvalue weighted by atomic mass is 9.99. The summed E-state index contributed by atoms with van der Waals surface area (Å²) in [6.07, 6.45) is 0. The number of methoxy groups -OCH3 is 2. The molecule has 0 radical (unpaired) electrons. The topological polar surface area (TPSA) is 68.3 Å². The van der Waals surface area contributed by atoms with Gasteiger partial charge in [-0.25, -0.2) is 8.78 Å². The molecule has 0 amide bonds. The lowest BCUT2D eigenvalue weighted by Crippen LogP contribution is -2.02. The molecule has 0 aromatic heterocycles. The van der Waals surface area contributed by atoms with E-state index in [9.17, 15) is 8.78 Å². The molecule has 0 aliphatic rings. The number of halogens is 2. The first kappa shape index (κ1) is 19.4. The molecule has 6 heteroatoms. The second-order valence-corrected chi connectivity index (χ2v) is 4.71. The second kappa shape index (κ2) is 8.29. The van der Waals surface area contributed by atoms with E-state index < -0.39 is 11.6 Å². The van der Waals surface area contributed by atoms with Gasteiger partial charge in [0.25, 0.3) is 0 Å². The highest BCUT2D eigenvalue weighted by molar-refractivity contribution is 6.01. The number of nitrogens with one attached hydrogen (secondary N) is 1. The van der Waals surface area contributed by atoms with Crippen LogP contribution in [0.2, 0.25) is 0 Å². The van der Waals surface area contributed by atoms with Gasteiger partial charge in [0.15, 0.2) is 23.1 Å². The molecule has 0 bridgehead atoms. The number of benzene rings is 2. The van der Waals surface area contributed by atoms with E-state index in [0.717, 1.165) is 6.07 Å². The summed E-state index contributed by atoms with van der Waals surface area (Å²) in [6.45, 7) is 5.58. The quantitative estimate of drug-likeness (QED) is 0.631.